The summed E-state index contributed by atoms with van der Waals surface area (Å²) in [6.45, 7) is 4.27. The van der Waals surface area contributed by atoms with Crippen molar-refractivity contribution < 1.29 is 19.0 Å². The fourth-order valence-corrected chi connectivity index (χ4v) is 5.54. The fourth-order valence-electron chi connectivity index (χ4n) is 4.94. The van der Waals surface area contributed by atoms with Crippen LogP contribution in [0.5, 0.6) is 17.2 Å². The van der Waals surface area contributed by atoms with Crippen LogP contribution < -0.4 is 29.7 Å². The molecule has 0 aromatic heterocycles. The summed E-state index contributed by atoms with van der Waals surface area (Å²) in [5, 5.41) is 7.43. The third kappa shape index (κ3) is 4.10. The summed E-state index contributed by atoms with van der Waals surface area (Å²) >= 11 is 12.1. The molecule has 186 valence electrons. The first kappa shape index (κ1) is 24.2. The number of carbonyl (C=O) groups is 1. The van der Waals surface area contributed by atoms with Gasteiger partial charge in [-0.15, -0.1) is 0 Å². The van der Waals surface area contributed by atoms with E-state index in [0.29, 0.717) is 45.4 Å². The van der Waals surface area contributed by atoms with E-state index in [1.165, 1.54) is 0 Å². The van der Waals surface area contributed by atoms with Gasteiger partial charge in [-0.1, -0.05) is 29.8 Å². The highest BCUT2D eigenvalue weighted by atomic mass is 35.5. The number of hydrogen-bond donors (Lipinski definition) is 2. The van der Waals surface area contributed by atoms with Crippen LogP contribution >= 0.6 is 23.8 Å². The largest absolute Gasteiger partial charge is 0.497 e. The number of ether oxygens (including phenoxy) is 3. The number of methoxy groups -OCH3 is 1. The van der Waals surface area contributed by atoms with Crippen molar-refractivity contribution >= 4 is 46.2 Å². The van der Waals surface area contributed by atoms with Crippen molar-refractivity contribution in [3.05, 3.63) is 77.3 Å². The number of amides is 1. The number of carbonyl (C=O) groups excluding carboxylic acids is 1. The van der Waals surface area contributed by atoms with Gasteiger partial charge in [0.05, 0.1) is 19.8 Å². The van der Waals surface area contributed by atoms with Gasteiger partial charge >= 0.3 is 0 Å². The molecule has 5 rings (SSSR count). The number of para-hydroxylation sites is 1. The molecule has 9 heteroatoms. The molecule has 2 aliphatic rings. The highest BCUT2D eigenvalue weighted by Crippen LogP contribution is 2.52. The molecule has 0 unspecified atom stereocenters. The Morgan fingerprint density at radius 2 is 1.94 bits per heavy atom. The number of benzene rings is 3. The van der Waals surface area contributed by atoms with E-state index < -0.39 is 17.7 Å². The number of thiocarbonyl (C=S) groups is 1. The number of halogens is 1. The minimum atomic E-state index is -1.19. The van der Waals surface area contributed by atoms with Crippen molar-refractivity contribution in [1.82, 2.24) is 5.32 Å². The van der Waals surface area contributed by atoms with Crippen LogP contribution in [0.3, 0.4) is 0 Å². The molecule has 1 fully saturated rings. The molecule has 0 spiro atoms. The van der Waals surface area contributed by atoms with Gasteiger partial charge in [0, 0.05) is 22.0 Å². The Morgan fingerprint density at radius 1 is 1.19 bits per heavy atom. The summed E-state index contributed by atoms with van der Waals surface area (Å²) < 4.78 is 17.8. The first-order chi connectivity index (χ1) is 17.4. The van der Waals surface area contributed by atoms with Gasteiger partial charge in [0.2, 0.25) is 5.91 Å². The minimum Gasteiger partial charge on any atom is -0.497 e. The van der Waals surface area contributed by atoms with Crippen molar-refractivity contribution in [2.24, 2.45) is 5.92 Å². The lowest BCUT2D eigenvalue weighted by molar-refractivity contribution is -0.130. The molecule has 2 heterocycles. The van der Waals surface area contributed by atoms with Crippen LogP contribution in [-0.4, -0.2) is 30.5 Å². The van der Waals surface area contributed by atoms with Crippen LogP contribution in [0, 0.1) is 5.92 Å². The molecular formula is C27H26ClN3O4S. The average Bonchev–Trinajstić information content (AvgIpc) is 2.84. The summed E-state index contributed by atoms with van der Waals surface area (Å²) in [4.78, 5) is 15.7. The SMILES string of the molecule is CCOc1cccc2c1O[C@]1(C)[C@@H](C(=O)Nc3ccc(OC)cc3)[C@@H]2NC(=S)N1c1cccc(Cl)c1. The van der Waals surface area contributed by atoms with E-state index in [4.69, 9.17) is 38.0 Å². The van der Waals surface area contributed by atoms with Crippen molar-refractivity contribution in [1.29, 1.82) is 0 Å². The number of nitrogens with one attached hydrogen (secondary N) is 2. The van der Waals surface area contributed by atoms with Crippen LogP contribution in [0.15, 0.2) is 66.7 Å². The Kier molecular flexibility index (Phi) is 6.40. The molecule has 3 aromatic rings. The third-order valence-electron chi connectivity index (χ3n) is 6.50. The predicted molar refractivity (Wildman–Crippen MR) is 144 cm³/mol. The highest BCUT2D eigenvalue weighted by Gasteiger charge is 2.59. The third-order valence-corrected chi connectivity index (χ3v) is 7.03. The molecule has 2 bridgehead atoms. The van der Waals surface area contributed by atoms with Gasteiger partial charge < -0.3 is 24.8 Å². The Morgan fingerprint density at radius 3 is 2.64 bits per heavy atom. The standard InChI is InChI=1S/C27H26ClN3O4S/c1-4-34-21-10-6-9-20-23-22(25(32)29-17-11-13-19(33-3)14-12-17)27(2,35-24(20)21)31(26(36)30-23)18-8-5-7-16(28)15-18/h5-15,22-23H,4H2,1-3H3,(H,29,32)(H,30,36)/t22-,23-,27-/m1/s1. The molecule has 0 radical (unpaired) electrons. The van der Waals surface area contributed by atoms with Gasteiger partial charge in [0.25, 0.3) is 0 Å². The maximum absolute atomic E-state index is 13.9. The van der Waals surface area contributed by atoms with Gasteiger partial charge in [0.1, 0.15) is 11.7 Å². The molecule has 7 nitrogen and oxygen atoms in total. The Balaban J connectivity index is 1.62. The van der Waals surface area contributed by atoms with E-state index in [1.54, 1.807) is 43.5 Å². The summed E-state index contributed by atoms with van der Waals surface area (Å²) in [5.74, 6) is 0.995. The quantitative estimate of drug-likeness (QED) is 0.411. The molecule has 1 saturated heterocycles. The molecular weight excluding hydrogens is 498 g/mol. The number of nitrogens with zero attached hydrogens (tertiary/aromatic N) is 1. The van der Waals surface area contributed by atoms with E-state index in [0.717, 1.165) is 5.56 Å². The second-order valence-corrected chi connectivity index (χ2v) is 9.53. The van der Waals surface area contributed by atoms with E-state index in [-0.39, 0.29) is 5.91 Å². The number of anilines is 2. The summed E-state index contributed by atoms with van der Waals surface area (Å²) in [6.07, 6.45) is 0. The highest BCUT2D eigenvalue weighted by molar-refractivity contribution is 7.80. The smallest absolute Gasteiger partial charge is 0.236 e. The summed E-state index contributed by atoms with van der Waals surface area (Å²) in [6, 6.07) is 19.7. The number of fused-ring (bicyclic) bond motifs is 4. The van der Waals surface area contributed by atoms with E-state index in [9.17, 15) is 4.79 Å². The van der Waals surface area contributed by atoms with Crippen LogP contribution in [-0.2, 0) is 4.79 Å². The second-order valence-electron chi connectivity index (χ2n) is 8.70. The molecule has 36 heavy (non-hydrogen) atoms. The van der Waals surface area contributed by atoms with Crippen molar-refractivity contribution in [3.8, 4) is 17.2 Å². The fraction of sp³-hybridized carbons (Fsp3) is 0.259. The van der Waals surface area contributed by atoms with Gasteiger partial charge in [-0.25, -0.2) is 0 Å². The van der Waals surface area contributed by atoms with E-state index >= 15 is 0 Å². The lowest BCUT2D eigenvalue weighted by atomic mass is 9.78. The molecule has 1 amide bonds. The molecule has 0 aliphatic carbocycles. The molecule has 3 aromatic carbocycles. The normalized spacial score (nSPS) is 22.1. The van der Waals surface area contributed by atoms with Gasteiger partial charge in [-0.05, 0) is 74.6 Å². The van der Waals surface area contributed by atoms with Gasteiger partial charge in [0.15, 0.2) is 22.3 Å². The zero-order valence-corrected chi connectivity index (χ0v) is 21.7. The van der Waals surface area contributed by atoms with Crippen molar-refractivity contribution in [3.63, 3.8) is 0 Å². The zero-order chi connectivity index (χ0) is 25.4. The van der Waals surface area contributed by atoms with Crippen LogP contribution in [0.25, 0.3) is 0 Å². The molecule has 3 atom stereocenters. The molecule has 2 N–H and O–H groups in total. The summed E-state index contributed by atoms with van der Waals surface area (Å²) in [5.41, 5.74) is 0.976. The molecule has 0 saturated carbocycles. The van der Waals surface area contributed by atoms with Crippen LogP contribution in [0.4, 0.5) is 11.4 Å². The lowest BCUT2D eigenvalue weighted by Crippen LogP contribution is -2.72. The van der Waals surface area contributed by atoms with Gasteiger partial charge in [-0.2, -0.15) is 0 Å². The average molecular weight is 524 g/mol. The van der Waals surface area contributed by atoms with Crippen LogP contribution in [0.1, 0.15) is 25.5 Å². The maximum atomic E-state index is 13.9. The first-order valence-corrected chi connectivity index (χ1v) is 12.4. The monoisotopic (exact) mass is 523 g/mol. The van der Waals surface area contributed by atoms with Crippen LogP contribution in [0.2, 0.25) is 5.02 Å². The second kappa shape index (κ2) is 9.52. The predicted octanol–water partition coefficient (Wildman–Crippen LogP) is 5.55. The zero-order valence-electron chi connectivity index (χ0n) is 20.1. The molecule has 2 aliphatic heterocycles. The lowest BCUT2D eigenvalue weighted by Gasteiger charge is -2.56. The number of rotatable bonds is 6. The van der Waals surface area contributed by atoms with E-state index in [2.05, 4.69) is 10.6 Å². The Hall–Kier alpha value is -3.49. The van der Waals surface area contributed by atoms with Crippen molar-refractivity contribution in [2.75, 3.05) is 23.9 Å². The topological polar surface area (TPSA) is 72.1 Å². The Labute approximate surface area is 220 Å². The first-order valence-electron chi connectivity index (χ1n) is 11.6. The Bertz CT molecular complexity index is 1320. The number of hydrogen-bond acceptors (Lipinski definition) is 5. The summed E-state index contributed by atoms with van der Waals surface area (Å²) in [7, 11) is 1.60. The maximum Gasteiger partial charge on any atom is 0.236 e. The van der Waals surface area contributed by atoms with Crippen molar-refractivity contribution in [2.45, 2.75) is 25.6 Å². The van der Waals surface area contributed by atoms with E-state index in [1.807, 2.05) is 49.1 Å². The van der Waals surface area contributed by atoms with Gasteiger partial charge in [-0.3, -0.25) is 9.69 Å². The minimum absolute atomic E-state index is 0.220.